The first kappa shape index (κ1) is 12.4. The van der Waals surface area contributed by atoms with E-state index in [1.165, 1.54) is 10.8 Å². The molecule has 2 rings (SSSR count). The molecule has 0 saturated carbocycles. The van der Waals surface area contributed by atoms with Crippen molar-refractivity contribution < 1.29 is 0 Å². The fourth-order valence-corrected chi connectivity index (χ4v) is 1.67. The van der Waals surface area contributed by atoms with Gasteiger partial charge in [0.25, 0.3) is 5.56 Å². The summed E-state index contributed by atoms with van der Waals surface area (Å²) in [7, 11) is 0. The maximum Gasteiger partial charge on any atom is 0.328 e. The number of pyridine rings is 1. The van der Waals surface area contributed by atoms with Gasteiger partial charge in [-0.15, -0.1) is 0 Å². The minimum absolute atomic E-state index is 0.153. The van der Waals surface area contributed by atoms with Crippen LogP contribution in [0.5, 0.6) is 0 Å². The van der Waals surface area contributed by atoms with Gasteiger partial charge in [0.2, 0.25) is 0 Å². The van der Waals surface area contributed by atoms with Gasteiger partial charge in [-0.2, -0.15) is 0 Å². The van der Waals surface area contributed by atoms with E-state index in [1.807, 2.05) is 0 Å². The van der Waals surface area contributed by atoms with E-state index in [4.69, 9.17) is 17.3 Å². The van der Waals surface area contributed by atoms with Gasteiger partial charge in [0.15, 0.2) is 0 Å². The highest BCUT2D eigenvalue weighted by Crippen LogP contribution is 2.15. The third-order valence-electron chi connectivity index (χ3n) is 2.45. The lowest BCUT2D eigenvalue weighted by molar-refractivity contribution is 0.700. The van der Waals surface area contributed by atoms with Crippen LogP contribution in [-0.4, -0.2) is 14.5 Å². The van der Waals surface area contributed by atoms with Gasteiger partial charge in [0.1, 0.15) is 5.82 Å². The van der Waals surface area contributed by atoms with Gasteiger partial charge in [-0.05, 0) is 19.1 Å². The molecule has 2 heterocycles. The molecule has 0 atom stereocenters. The third-order valence-corrected chi connectivity index (χ3v) is 2.79. The smallest absolute Gasteiger partial charge is 0.328 e. The van der Waals surface area contributed by atoms with E-state index < -0.39 is 11.2 Å². The molecule has 18 heavy (non-hydrogen) atoms. The van der Waals surface area contributed by atoms with E-state index in [9.17, 15) is 9.59 Å². The van der Waals surface area contributed by atoms with Crippen molar-refractivity contribution in [1.29, 1.82) is 0 Å². The van der Waals surface area contributed by atoms with Crippen LogP contribution in [0.4, 0.5) is 5.82 Å². The summed E-state index contributed by atoms with van der Waals surface area (Å²) in [5.41, 5.74) is 5.57. The fourth-order valence-electron chi connectivity index (χ4n) is 1.51. The highest BCUT2D eigenvalue weighted by Gasteiger charge is 2.06. The molecule has 7 heteroatoms. The number of nitrogens with two attached hydrogens (primary N) is 1. The molecule has 0 aliphatic carbocycles. The molecule has 94 valence electrons. The zero-order chi connectivity index (χ0) is 13.3. The van der Waals surface area contributed by atoms with Crippen molar-refractivity contribution in [2.75, 3.05) is 5.73 Å². The summed E-state index contributed by atoms with van der Waals surface area (Å²) in [4.78, 5) is 29.1. The van der Waals surface area contributed by atoms with Crippen molar-refractivity contribution in [2.24, 2.45) is 0 Å². The van der Waals surface area contributed by atoms with Gasteiger partial charge < -0.3 is 5.73 Å². The van der Waals surface area contributed by atoms with Crippen LogP contribution in [0.3, 0.4) is 0 Å². The Hall–Kier alpha value is -2.08. The molecule has 0 saturated heterocycles. The Labute approximate surface area is 107 Å². The van der Waals surface area contributed by atoms with Crippen LogP contribution in [0.1, 0.15) is 11.3 Å². The Morgan fingerprint density at radius 1 is 1.44 bits per heavy atom. The largest absolute Gasteiger partial charge is 0.384 e. The number of anilines is 1. The van der Waals surface area contributed by atoms with E-state index in [0.717, 1.165) is 0 Å². The second-order valence-electron chi connectivity index (χ2n) is 3.86. The zero-order valence-corrected chi connectivity index (χ0v) is 10.4. The normalized spacial score (nSPS) is 10.6. The first-order valence-corrected chi connectivity index (χ1v) is 5.56. The summed E-state index contributed by atoms with van der Waals surface area (Å²) in [5, 5.41) is 0.417. The van der Waals surface area contributed by atoms with Crippen LogP contribution < -0.4 is 17.0 Å². The van der Waals surface area contributed by atoms with Crippen molar-refractivity contribution >= 4 is 17.4 Å². The number of aromatic nitrogens is 3. The highest BCUT2D eigenvalue weighted by atomic mass is 35.5. The molecule has 0 spiro atoms. The van der Waals surface area contributed by atoms with E-state index in [1.54, 1.807) is 19.1 Å². The number of aromatic amines is 1. The molecule has 0 aromatic carbocycles. The molecule has 6 nitrogen and oxygen atoms in total. The first-order valence-electron chi connectivity index (χ1n) is 5.18. The van der Waals surface area contributed by atoms with Crippen molar-refractivity contribution in [1.82, 2.24) is 14.5 Å². The lowest BCUT2D eigenvalue weighted by Crippen LogP contribution is -2.31. The summed E-state index contributed by atoms with van der Waals surface area (Å²) < 4.78 is 1.32. The van der Waals surface area contributed by atoms with Gasteiger partial charge in [-0.25, -0.2) is 9.78 Å². The van der Waals surface area contributed by atoms with E-state index >= 15 is 0 Å². The number of hydrogen-bond donors (Lipinski definition) is 2. The molecule has 0 aliphatic heterocycles. The van der Waals surface area contributed by atoms with Crippen LogP contribution in [0.2, 0.25) is 5.02 Å². The number of nitrogens with one attached hydrogen (secondary N) is 1. The predicted molar refractivity (Wildman–Crippen MR) is 68.8 cm³/mol. The molecular weight excluding hydrogens is 256 g/mol. The number of halogens is 1. The summed E-state index contributed by atoms with van der Waals surface area (Å²) in [6.45, 7) is 1.77. The maximum absolute atomic E-state index is 11.6. The molecule has 0 unspecified atom stereocenters. The van der Waals surface area contributed by atoms with Gasteiger partial charge in [0, 0.05) is 11.8 Å². The third kappa shape index (κ3) is 2.43. The van der Waals surface area contributed by atoms with Crippen molar-refractivity contribution in [3.8, 4) is 0 Å². The van der Waals surface area contributed by atoms with Crippen LogP contribution >= 0.6 is 11.6 Å². The van der Waals surface area contributed by atoms with Crippen molar-refractivity contribution in [3.05, 3.63) is 55.4 Å². The SMILES string of the molecule is Cc1cn(Cc2nc(N)ccc2Cl)c(=O)[nH]c1=O. The van der Waals surface area contributed by atoms with Gasteiger partial charge >= 0.3 is 5.69 Å². The Morgan fingerprint density at radius 3 is 2.89 bits per heavy atom. The minimum Gasteiger partial charge on any atom is -0.384 e. The number of nitrogens with zero attached hydrogens (tertiary/aromatic N) is 2. The number of rotatable bonds is 2. The standard InChI is InChI=1S/C11H11ClN4O2/c1-6-4-16(11(18)15-10(6)17)5-8-7(12)2-3-9(13)14-8/h2-4H,5H2,1H3,(H2,13,14)(H,15,17,18). The zero-order valence-electron chi connectivity index (χ0n) is 9.61. The van der Waals surface area contributed by atoms with Crippen LogP contribution in [0.25, 0.3) is 0 Å². The predicted octanol–water partition coefficient (Wildman–Crippen LogP) is 0.524. The Kier molecular flexibility index (Phi) is 3.20. The average molecular weight is 267 g/mol. The topological polar surface area (TPSA) is 93.8 Å². The second kappa shape index (κ2) is 4.66. The van der Waals surface area contributed by atoms with E-state index in [-0.39, 0.29) is 6.54 Å². The molecule has 2 aromatic heterocycles. The molecule has 0 aliphatic rings. The maximum atomic E-state index is 11.6. The molecule has 0 amide bonds. The van der Waals surface area contributed by atoms with Crippen molar-refractivity contribution in [3.63, 3.8) is 0 Å². The number of aryl methyl sites for hydroxylation is 1. The average Bonchev–Trinajstić information content (AvgIpc) is 2.30. The fraction of sp³-hybridized carbons (Fsp3) is 0.182. The van der Waals surface area contributed by atoms with E-state index in [0.29, 0.717) is 22.1 Å². The molecule has 0 radical (unpaired) electrons. The molecule has 0 fully saturated rings. The first-order chi connectivity index (χ1) is 8.47. The molecule has 0 bridgehead atoms. The quantitative estimate of drug-likeness (QED) is 0.829. The molecule has 3 N–H and O–H groups in total. The van der Waals surface area contributed by atoms with Gasteiger partial charge in [0.05, 0.1) is 17.3 Å². The minimum atomic E-state index is -0.508. The molecular formula is C11H11ClN4O2. The lowest BCUT2D eigenvalue weighted by atomic mass is 10.3. The second-order valence-corrected chi connectivity index (χ2v) is 4.27. The van der Waals surface area contributed by atoms with Crippen LogP contribution in [0.15, 0.2) is 27.9 Å². The number of hydrogen-bond acceptors (Lipinski definition) is 4. The Balaban J connectivity index is 2.46. The number of H-pyrrole nitrogens is 1. The number of nitrogen functional groups attached to an aromatic ring is 1. The van der Waals surface area contributed by atoms with Gasteiger partial charge in [-0.3, -0.25) is 14.3 Å². The monoisotopic (exact) mass is 266 g/mol. The molecule has 2 aromatic rings. The summed E-state index contributed by atoms with van der Waals surface area (Å²) >= 11 is 5.96. The summed E-state index contributed by atoms with van der Waals surface area (Å²) in [6, 6.07) is 3.19. The lowest BCUT2D eigenvalue weighted by Gasteiger charge is -2.07. The summed E-state index contributed by atoms with van der Waals surface area (Å²) in [6.07, 6.45) is 1.46. The van der Waals surface area contributed by atoms with E-state index in [2.05, 4.69) is 9.97 Å². The highest BCUT2D eigenvalue weighted by molar-refractivity contribution is 6.31. The summed E-state index contributed by atoms with van der Waals surface area (Å²) in [5.74, 6) is 0.323. The van der Waals surface area contributed by atoms with Crippen molar-refractivity contribution in [2.45, 2.75) is 13.5 Å². The van der Waals surface area contributed by atoms with Gasteiger partial charge in [-0.1, -0.05) is 11.6 Å². The van der Waals surface area contributed by atoms with Crippen LogP contribution in [-0.2, 0) is 6.54 Å². The Bertz CT molecular complexity index is 705. The Morgan fingerprint density at radius 2 is 2.17 bits per heavy atom. The van der Waals surface area contributed by atoms with Crippen LogP contribution in [0, 0.1) is 6.92 Å².